The van der Waals surface area contributed by atoms with Gasteiger partial charge in [-0.25, -0.2) is 0 Å². The first-order valence-electron chi connectivity index (χ1n) is 6.04. The third-order valence-electron chi connectivity index (χ3n) is 2.62. The van der Waals surface area contributed by atoms with Gasteiger partial charge in [0.25, 0.3) is 0 Å². The van der Waals surface area contributed by atoms with E-state index in [-0.39, 0.29) is 6.10 Å². The Morgan fingerprint density at radius 1 is 1.17 bits per heavy atom. The molecule has 0 saturated heterocycles. The monoisotopic (exact) mass is 309 g/mol. The number of hydrogen-bond donors (Lipinski definition) is 1. The number of rotatable bonds is 7. The smallest absolute Gasteiger partial charge is 0.139 e. The van der Waals surface area contributed by atoms with Crippen LogP contribution in [0, 0.1) is 0 Å². The second-order valence-electron chi connectivity index (χ2n) is 4.09. The third-order valence-corrected chi connectivity index (χ3v) is 3.90. The molecule has 2 nitrogen and oxygen atoms in total. The molecule has 0 aliphatic heterocycles. The molecule has 1 aromatic rings. The van der Waals surface area contributed by atoms with Crippen LogP contribution in [0.25, 0.3) is 0 Å². The highest BCUT2D eigenvalue weighted by Crippen LogP contribution is 2.37. The number of benzene rings is 1. The van der Waals surface area contributed by atoms with E-state index < -0.39 is 0 Å². The van der Waals surface area contributed by atoms with Gasteiger partial charge in [-0.15, -0.1) is 0 Å². The van der Waals surface area contributed by atoms with Crippen LogP contribution in [0.1, 0.15) is 26.2 Å². The van der Waals surface area contributed by atoms with Crippen LogP contribution in [0.15, 0.2) is 12.1 Å². The first kappa shape index (κ1) is 15.9. The Balaban J connectivity index is 2.77. The first-order valence-corrected chi connectivity index (χ1v) is 7.18. The summed E-state index contributed by atoms with van der Waals surface area (Å²) in [4.78, 5) is 0. The summed E-state index contributed by atoms with van der Waals surface area (Å²) in [6.07, 6.45) is 3.11. The topological polar surface area (TPSA) is 21.3 Å². The van der Waals surface area contributed by atoms with Gasteiger partial charge in [-0.2, -0.15) is 0 Å². The van der Waals surface area contributed by atoms with Crippen molar-refractivity contribution in [1.29, 1.82) is 0 Å². The SMILES string of the molecule is CCCC(CCNC)Oc1ccc(Cl)c(Cl)c1Cl. The van der Waals surface area contributed by atoms with E-state index in [0.717, 1.165) is 25.8 Å². The zero-order valence-corrected chi connectivity index (χ0v) is 12.9. The van der Waals surface area contributed by atoms with Crippen molar-refractivity contribution in [2.75, 3.05) is 13.6 Å². The molecule has 0 aliphatic carbocycles. The Bertz CT molecular complexity index is 385. The normalized spacial score (nSPS) is 12.5. The van der Waals surface area contributed by atoms with Crippen molar-refractivity contribution in [3.8, 4) is 5.75 Å². The average Bonchev–Trinajstić information content (AvgIpc) is 2.36. The summed E-state index contributed by atoms with van der Waals surface area (Å²) >= 11 is 18.0. The van der Waals surface area contributed by atoms with Gasteiger partial charge in [-0.1, -0.05) is 48.1 Å². The molecular formula is C13H18Cl3NO. The van der Waals surface area contributed by atoms with Gasteiger partial charge in [0.05, 0.1) is 16.1 Å². The molecule has 0 saturated carbocycles. The molecular weight excluding hydrogens is 293 g/mol. The van der Waals surface area contributed by atoms with Crippen molar-refractivity contribution in [3.63, 3.8) is 0 Å². The maximum atomic E-state index is 6.12. The van der Waals surface area contributed by atoms with Crippen molar-refractivity contribution >= 4 is 34.8 Å². The number of hydrogen-bond acceptors (Lipinski definition) is 2. The molecule has 1 unspecified atom stereocenters. The maximum absolute atomic E-state index is 6.12. The molecule has 0 aromatic heterocycles. The summed E-state index contributed by atoms with van der Waals surface area (Å²) in [5, 5.41) is 4.29. The Hall–Kier alpha value is -0.150. The van der Waals surface area contributed by atoms with E-state index in [1.807, 2.05) is 7.05 Å². The van der Waals surface area contributed by atoms with Crippen LogP contribution in [0.4, 0.5) is 0 Å². The minimum Gasteiger partial charge on any atom is -0.489 e. The Morgan fingerprint density at radius 3 is 2.50 bits per heavy atom. The van der Waals surface area contributed by atoms with E-state index in [2.05, 4.69) is 12.2 Å². The Morgan fingerprint density at radius 2 is 1.89 bits per heavy atom. The molecule has 1 rings (SSSR count). The molecule has 0 heterocycles. The van der Waals surface area contributed by atoms with Gasteiger partial charge >= 0.3 is 0 Å². The third kappa shape index (κ3) is 4.51. The minimum absolute atomic E-state index is 0.136. The van der Waals surface area contributed by atoms with Crippen molar-refractivity contribution in [2.24, 2.45) is 0 Å². The lowest BCUT2D eigenvalue weighted by Gasteiger charge is -2.19. The summed E-state index contributed by atoms with van der Waals surface area (Å²) in [5.41, 5.74) is 0. The molecule has 0 amide bonds. The molecule has 102 valence electrons. The molecule has 0 radical (unpaired) electrons. The minimum atomic E-state index is 0.136. The van der Waals surface area contributed by atoms with E-state index in [4.69, 9.17) is 39.5 Å². The molecule has 0 fully saturated rings. The lowest BCUT2D eigenvalue weighted by molar-refractivity contribution is 0.180. The zero-order chi connectivity index (χ0) is 13.5. The van der Waals surface area contributed by atoms with E-state index in [0.29, 0.717) is 20.8 Å². The van der Waals surface area contributed by atoms with Crippen LogP contribution in [0.2, 0.25) is 15.1 Å². The van der Waals surface area contributed by atoms with Gasteiger partial charge in [0.15, 0.2) is 0 Å². The predicted octanol–water partition coefficient (Wildman–Crippen LogP) is 4.80. The van der Waals surface area contributed by atoms with Crippen LogP contribution in [-0.4, -0.2) is 19.7 Å². The van der Waals surface area contributed by atoms with Gasteiger partial charge in [0.1, 0.15) is 10.8 Å². The summed E-state index contributed by atoms with van der Waals surface area (Å²) in [6, 6.07) is 3.46. The van der Waals surface area contributed by atoms with Crippen molar-refractivity contribution in [2.45, 2.75) is 32.3 Å². The van der Waals surface area contributed by atoms with Crippen LogP contribution in [-0.2, 0) is 0 Å². The molecule has 5 heteroatoms. The van der Waals surface area contributed by atoms with Gasteiger partial charge in [0, 0.05) is 0 Å². The molecule has 1 aromatic carbocycles. The largest absolute Gasteiger partial charge is 0.489 e. The van der Waals surface area contributed by atoms with Crippen LogP contribution in [0.5, 0.6) is 5.75 Å². The van der Waals surface area contributed by atoms with E-state index in [1.165, 1.54) is 0 Å². The Kier molecular flexibility index (Phi) is 7.16. The second-order valence-corrected chi connectivity index (χ2v) is 5.26. The summed E-state index contributed by atoms with van der Waals surface area (Å²) in [6.45, 7) is 3.04. The van der Waals surface area contributed by atoms with E-state index in [1.54, 1.807) is 12.1 Å². The van der Waals surface area contributed by atoms with Crippen LogP contribution < -0.4 is 10.1 Å². The van der Waals surface area contributed by atoms with Crippen molar-refractivity contribution in [1.82, 2.24) is 5.32 Å². The lowest BCUT2D eigenvalue weighted by atomic mass is 10.1. The quantitative estimate of drug-likeness (QED) is 0.730. The van der Waals surface area contributed by atoms with Crippen LogP contribution in [0.3, 0.4) is 0 Å². The molecule has 0 aliphatic rings. The lowest BCUT2D eigenvalue weighted by Crippen LogP contribution is -2.22. The van der Waals surface area contributed by atoms with Gasteiger partial charge in [-0.3, -0.25) is 0 Å². The second kappa shape index (κ2) is 8.11. The van der Waals surface area contributed by atoms with E-state index in [9.17, 15) is 0 Å². The zero-order valence-electron chi connectivity index (χ0n) is 10.6. The summed E-state index contributed by atoms with van der Waals surface area (Å²) in [5.74, 6) is 0.598. The highest BCUT2D eigenvalue weighted by molar-refractivity contribution is 6.48. The first-order chi connectivity index (χ1) is 8.60. The number of nitrogens with one attached hydrogen (secondary N) is 1. The van der Waals surface area contributed by atoms with E-state index >= 15 is 0 Å². The van der Waals surface area contributed by atoms with Crippen molar-refractivity contribution in [3.05, 3.63) is 27.2 Å². The van der Waals surface area contributed by atoms with Crippen LogP contribution >= 0.6 is 34.8 Å². The number of ether oxygens (including phenoxy) is 1. The molecule has 18 heavy (non-hydrogen) atoms. The maximum Gasteiger partial charge on any atom is 0.139 e. The fourth-order valence-electron chi connectivity index (χ4n) is 1.67. The fourth-order valence-corrected chi connectivity index (χ4v) is 2.24. The Labute approximate surface area is 124 Å². The number of halogens is 3. The molecule has 0 bridgehead atoms. The highest BCUT2D eigenvalue weighted by Gasteiger charge is 2.14. The highest BCUT2D eigenvalue weighted by atomic mass is 35.5. The summed E-state index contributed by atoms with van der Waals surface area (Å²) in [7, 11) is 1.93. The van der Waals surface area contributed by atoms with Crippen molar-refractivity contribution < 1.29 is 4.74 Å². The molecule has 1 N–H and O–H groups in total. The fraction of sp³-hybridized carbons (Fsp3) is 0.538. The average molecular weight is 311 g/mol. The molecule has 1 atom stereocenters. The van der Waals surface area contributed by atoms with Gasteiger partial charge in [-0.05, 0) is 38.6 Å². The predicted molar refractivity (Wildman–Crippen MR) is 79.3 cm³/mol. The standard InChI is InChI=1S/C13H18Cl3NO/c1-3-4-9(7-8-17-2)18-11-6-5-10(14)12(15)13(11)16/h5-6,9,17H,3-4,7-8H2,1-2H3. The van der Waals surface area contributed by atoms with Gasteiger partial charge in [0.2, 0.25) is 0 Å². The summed E-state index contributed by atoms with van der Waals surface area (Å²) < 4.78 is 5.91. The van der Waals surface area contributed by atoms with Gasteiger partial charge < -0.3 is 10.1 Å². The molecule has 0 spiro atoms.